The highest BCUT2D eigenvalue weighted by molar-refractivity contribution is 5.91. The normalized spacial score (nSPS) is 17.3. The van der Waals surface area contributed by atoms with Crippen LogP contribution < -0.4 is 5.32 Å². The van der Waals surface area contributed by atoms with Crippen LogP contribution >= 0.6 is 0 Å². The number of hydrogen-bond acceptors (Lipinski definition) is 2. The van der Waals surface area contributed by atoms with Gasteiger partial charge in [0.05, 0.1) is 23.8 Å². The fourth-order valence-corrected chi connectivity index (χ4v) is 3.33. The molecule has 0 aliphatic heterocycles. The summed E-state index contributed by atoms with van der Waals surface area (Å²) in [4.78, 5) is 16.5. The number of carbonyl (C=O) groups excluding carboxylic acids is 1. The maximum atomic E-state index is 12.4. The lowest BCUT2D eigenvalue weighted by atomic mass is 9.78. The van der Waals surface area contributed by atoms with E-state index in [1.807, 2.05) is 24.3 Å². The summed E-state index contributed by atoms with van der Waals surface area (Å²) in [6.07, 6.45) is 13.9. The Kier molecular flexibility index (Phi) is 4.04. The fraction of sp³-hybridized carbons (Fsp3) is 0.412. The first-order chi connectivity index (χ1) is 10.3. The Balaban J connectivity index is 1.74. The number of amides is 1. The molecule has 0 bridgehead atoms. The Bertz CT molecular complexity index is 571. The zero-order valence-corrected chi connectivity index (χ0v) is 12.2. The van der Waals surface area contributed by atoms with Crippen molar-refractivity contribution in [3.05, 3.63) is 49.1 Å². The molecule has 0 spiro atoms. The maximum Gasteiger partial charge on any atom is 0.226 e. The molecule has 0 atom stereocenters. The third-order valence-corrected chi connectivity index (χ3v) is 4.37. The first-order valence-corrected chi connectivity index (χ1v) is 7.62. The number of hydrogen-bond donors (Lipinski definition) is 1. The second-order valence-electron chi connectivity index (χ2n) is 5.84. The van der Waals surface area contributed by atoms with Crippen LogP contribution in [-0.4, -0.2) is 15.5 Å². The Morgan fingerprint density at radius 3 is 2.62 bits per heavy atom. The number of aromatic nitrogens is 2. The molecule has 1 saturated carbocycles. The minimum absolute atomic E-state index is 0.0615. The molecule has 0 aromatic carbocycles. The van der Waals surface area contributed by atoms with Gasteiger partial charge in [-0.2, -0.15) is 0 Å². The molecule has 110 valence electrons. The number of pyridine rings is 1. The highest BCUT2D eigenvalue weighted by Gasteiger charge is 2.35. The van der Waals surface area contributed by atoms with Crippen LogP contribution in [-0.2, 0) is 10.3 Å². The summed E-state index contributed by atoms with van der Waals surface area (Å²) in [6.45, 7) is 0. The number of nitrogens with zero attached hydrogens (tertiary/aromatic N) is 2. The minimum Gasteiger partial charge on any atom is -0.348 e. The van der Waals surface area contributed by atoms with Gasteiger partial charge in [0.2, 0.25) is 5.91 Å². The first kappa shape index (κ1) is 13.9. The van der Waals surface area contributed by atoms with Crippen molar-refractivity contribution >= 4 is 11.6 Å². The summed E-state index contributed by atoms with van der Waals surface area (Å²) >= 11 is 0. The molecule has 3 rings (SSSR count). The lowest BCUT2D eigenvalue weighted by Crippen LogP contribution is -2.38. The van der Waals surface area contributed by atoms with E-state index in [2.05, 4.69) is 27.3 Å². The molecule has 0 unspecified atom stereocenters. The van der Waals surface area contributed by atoms with Crippen molar-refractivity contribution in [1.82, 2.24) is 9.55 Å². The summed E-state index contributed by atoms with van der Waals surface area (Å²) in [6, 6.07) is 7.77. The molecule has 0 saturated heterocycles. The average molecular weight is 283 g/mol. The lowest BCUT2D eigenvalue weighted by Gasteiger charge is -2.38. The van der Waals surface area contributed by atoms with Gasteiger partial charge in [0.1, 0.15) is 0 Å². The predicted octanol–water partition coefficient (Wildman–Crippen LogP) is 3.57. The molecule has 1 fully saturated rings. The zero-order valence-electron chi connectivity index (χ0n) is 12.2. The summed E-state index contributed by atoms with van der Waals surface area (Å²) in [7, 11) is 0. The number of anilines is 1. The second kappa shape index (κ2) is 6.12. The molecular formula is C17H21N3O. The zero-order chi connectivity index (χ0) is 14.5. The molecule has 1 aliphatic rings. The summed E-state index contributed by atoms with van der Waals surface area (Å²) < 4.78 is 2.23. The molecule has 1 amide bonds. The summed E-state index contributed by atoms with van der Waals surface area (Å²) in [5, 5.41) is 2.96. The van der Waals surface area contributed by atoms with Crippen molar-refractivity contribution in [3.8, 4) is 0 Å². The Hall–Kier alpha value is -2.10. The van der Waals surface area contributed by atoms with Crippen molar-refractivity contribution in [1.29, 1.82) is 0 Å². The van der Waals surface area contributed by atoms with E-state index < -0.39 is 0 Å². The van der Waals surface area contributed by atoms with Crippen molar-refractivity contribution in [3.63, 3.8) is 0 Å². The van der Waals surface area contributed by atoms with Crippen molar-refractivity contribution in [2.24, 2.45) is 0 Å². The molecule has 0 radical (unpaired) electrons. The van der Waals surface area contributed by atoms with Gasteiger partial charge in [0, 0.05) is 18.6 Å². The van der Waals surface area contributed by atoms with Gasteiger partial charge in [-0.05, 0) is 37.1 Å². The summed E-state index contributed by atoms with van der Waals surface area (Å²) in [5.74, 6) is 0.0681. The van der Waals surface area contributed by atoms with Gasteiger partial charge in [-0.15, -0.1) is 0 Å². The molecule has 4 nitrogen and oxygen atoms in total. The molecule has 4 heteroatoms. The van der Waals surface area contributed by atoms with Crippen LogP contribution in [0.15, 0.2) is 49.1 Å². The van der Waals surface area contributed by atoms with Gasteiger partial charge in [-0.1, -0.05) is 19.3 Å². The quantitative estimate of drug-likeness (QED) is 0.932. The Morgan fingerprint density at radius 2 is 1.95 bits per heavy atom. The topological polar surface area (TPSA) is 46.9 Å². The smallest absolute Gasteiger partial charge is 0.226 e. The highest BCUT2D eigenvalue weighted by Crippen LogP contribution is 2.38. The second-order valence-corrected chi connectivity index (χ2v) is 5.84. The molecule has 21 heavy (non-hydrogen) atoms. The lowest BCUT2D eigenvalue weighted by molar-refractivity contribution is -0.118. The van der Waals surface area contributed by atoms with Crippen LogP contribution in [0.4, 0.5) is 5.69 Å². The van der Waals surface area contributed by atoms with Gasteiger partial charge in [-0.3, -0.25) is 9.78 Å². The van der Waals surface area contributed by atoms with Crippen molar-refractivity contribution in [2.45, 2.75) is 44.1 Å². The first-order valence-electron chi connectivity index (χ1n) is 7.62. The van der Waals surface area contributed by atoms with E-state index in [0.717, 1.165) is 18.5 Å². The van der Waals surface area contributed by atoms with Gasteiger partial charge in [0.15, 0.2) is 0 Å². The number of rotatable bonds is 4. The van der Waals surface area contributed by atoms with E-state index in [1.54, 1.807) is 12.4 Å². The van der Waals surface area contributed by atoms with Gasteiger partial charge in [0.25, 0.3) is 0 Å². The Labute approximate surface area is 125 Å². The molecule has 2 aromatic rings. The van der Waals surface area contributed by atoms with Crippen LogP contribution in [0.1, 0.15) is 38.5 Å². The van der Waals surface area contributed by atoms with Crippen molar-refractivity contribution < 1.29 is 4.79 Å². The van der Waals surface area contributed by atoms with Gasteiger partial charge in [-0.25, -0.2) is 0 Å². The molecule has 2 heterocycles. The third kappa shape index (κ3) is 3.15. The molecule has 2 aromatic heterocycles. The van der Waals surface area contributed by atoms with Crippen LogP contribution in [0.3, 0.4) is 0 Å². The van der Waals surface area contributed by atoms with E-state index in [9.17, 15) is 4.79 Å². The molecular weight excluding hydrogens is 262 g/mol. The molecule has 1 N–H and O–H groups in total. The molecule has 1 aliphatic carbocycles. The predicted molar refractivity (Wildman–Crippen MR) is 83.0 cm³/mol. The SMILES string of the molecule is O=C(CC1(n2cccc2)CCCCC1)Nc1cccnc1. The number of nitrogens with one attached hydrogen (secondary N) is 1. The van der Waals surface area contributed by atoms with Crippen LogP contribution in [0.5, 0.6) is 0 Å². The fourth-order valence-electron chi connectivity index (χ4n) is 3.33. The monoisotopic (exact) mass is 283 g/mol. The van der Waals surface area contributed by atoms with Crippen LogP contribution in [0.25, 0.3) is 0 Å². The Morgan fingerprint density at radius 1 is 1.19 bits per heavy atom. The van der Waals surface area contributed by atoms with Crippen molar-refractivity contribution in [2.75, 3.05) is 5.32 Å². The van der Waals surface area contributed by atoms with Gasteiger partial charge < -0.3 is 9.88 Å². The van der Waals surface area contributed by atoms with Gasteiger partial charge >= 0.3 is 0 Å². The van der Waals surface area contributed by atoms with E-state index in [1.165, 1.54) is 19.3 Å². The standard InChI is InChI=1S/C17H21N3O/c21-16(19-15-7-6-10-18-14-15)13-17(8-2-1-3-9-17)20-11-4-5-12-20/h4-7,10-12,14H,1-3,8-9,13H2,(H,19,21). The van der Waals surface area contributed by atoms with E-state index in [-0.39, 0.29) is 11.4 Å². The van der Waals surface area contributed by atoms with E-state index in [4.69, 9.17) is 0 Å². The number of carbonyl (C=O) groups is 1. The van der Waals surface area contributed by atoms with E-state index >= 15 is 0 Å². The highest BCUT2D eigenvalue weighted by atomic mass is 16.1. The largest absolute Gasteiger partial charge is 0.348 e. The van der Waals surface area contributed by atoms with E-state index in [0.29, 0.717) is 6.42 Å². The maximum absolute atomic E-state index is 12.4. The third-order valence-electron chi connectivity index (χ3n) is 4.37. The van der Waals surface area contributed by atoms with Crippen LogP contribution in [0, 0.1) is 0 Å². The average Bonchev–Trinajstić information content (AvgIpc) is 3.04. The van der Waals surface area contributed by atoms with Crippen LogP contribution in [0.2, 0.25) is 0 Å². The summed E-state index contributed by atoms with van der Waals surface area (Å²) in [5.41, 5.74) is 0.703. The minimum atomic E-state index is -0.0615.